The molecule has 1 aromatic rings. The highest BCUT2D eigenvalue weighted by atomic mass is 16.6. The third-order valence-corrected chi connectivity index (χ3v) is 3.85. The molecule has 4 N–H and O–H groups in total. The molecule has 114 valence electrons. The lowest BCUT2D eigenvalue weighted by atomic mass is 10.0. The maximum atomic E-state index is 11.9. The summed E-state index contributed by atoms with van der Waals surface area (Å²) < 4.78 is 0. The summed E-state index contributed by atoms with van der Waals surface area (Å²) >= 11 is 0. The summed E-state index contributed by atoms with van der Waals surface area (Å²) in [5.74, 6) is 0.165. The lowest BCUT2D eigenvalue weighted by Gasteiger charge is -2.19. The average molecular weight is 292 g/mol. The van der Waals surface area contributed by atoms with Crippen molar-refractivity contribution in [2.24, 2.45) is 11.7 Å². The molecule has 0 aromatic heterocycles. The highest BCUT2D eigenvalue weighted by molar-refractivity contribution is 5.82. The Balaban J connectivity index is 1.88. The summed E-state index contributed by atoms with van der Waals surface area (Å²) in [5.41, 5.74) is 5.99. The number of nitrogens with two attached hydrogens (primary N) is 1. The van der Waals surface area contributed by atoms with E-state index < -0.39 is 4.92 Å². The van der Waals surface area contributed by atoms with Crippen molar-refractivity contribution in [2.45, 2.75) is 25.3 Å². The number of carbonyl (C=O) groups is 1. The van der Waals surface area contributed by atoms with E-state index in [1.165, 1.54) is 6.07 Å². The van der Waals surface area contributed by atoms with Gasteiger partial charge in [-0.2, -0.15) is 0 Å². The summed E-state index contributed by atoms with van der Waals surface area (Å²) in [5, 5.41) is 16.6. The van der Waals surface area contributed by atoms with Crippen LogP contribution in [0.15, 0.2) is 24.3 Å². The van der Waals surface area contributed by atoms with Gasteiger partial charge in [-0.15, -0.1) is 0 Å². The van der Waals surface area contributed by atoms with Gasteiger partial charge in [-0.05, 0) is 31.4 Å². The second kappa shape index (κ2) is 7.03. The van der Waals surface area contributed by atoms with E-state index >= 15 is 0 Å². The summed E-state index contributed by atoms with van der Waals surface area (Å²) in [4.78, 5) is 22.3. The predicted molar refractivity (Wildman–Crippen MR) is 79.9 cm³/mol. The van der Waals surface area contributed by atoms with E-state index in [-0.39, 0.29) is 24.2 Å². The fourth-order valence-electron chi connectivity index (χ4n) is 2.72. The van der Waals surface area contributed by atoms with Crippen molar-refractivity contribution in [1.29, 1.82) is 0 Å². The van der Waals surface area contributed by atoms with Crippen molar-refractivity contribution in [1.82, 2.24) is 5.32 Å². The van der Waals surface area contributed by atoms with Crippen LogP contribution in [-0.2, 0) is 4.79 Å². The quantitative estimate of drug-likeness (QED) is 0.540. The van der Waals surface area contributed by atoms with Gasteiger partial charge in [0, 0.05) is 12.1 Å². The van der Waals surface area contributed by atoms with Gasteiger partial charge in [-0.1, -0.05) is 18.6 Å². The largest absolute Gasteiger partial charge is 0.371 e. The van der Waals surface area contributed by atoms with Gasteiger partial charge in [-0.25, -0.2) is 0 Å². The summed E-state index contributed by atoms with van der Waals surface area (Å²) in [6, 6.07) is 6.39. The second-order valence-corrected chi connectivity index (χ2v) is 5.23. The van der Waals surface area contributed by atoms with Gasteiger partial charge in [-0.3, -0.25) is 14.9 Å². The fourth-order valence-corrected chi connectivity index (χ4v) is 2.72. The molecule has 2 rings (SSSR count). The highest BCUT2D eigenvalue weighted by Crippen LogP contribution is 2.25. The fraction of sp³-hybridized carbons (Fsp3) is 0.500. The molecule has 1 aromatic carbocycles. The number of para-hydroxylation sites is 2. The molecule has 0 heterocycles. The molecule has 1 amide bonds. The number of benzene rings is 1. The number of nitrogens with zero attached hydrogens (tertiary/aromatic N) is 1. The molecule has 0 saturated heterocycles. The Bertz CT molecular complexity index is 521. The highest BCUT2D eigenvalue weighted by Gasteiger charge is 2.27. The van der Waals surface area contributed by atoms with Crippen molar-refractivity contribution >= 4 is 17.3 Å². The lowest BCUT2D eigenvalue weighted by Crippen LogP contribution is -2.42. The van der Waals surface area contributed by atoms with E-state index in [2.05, 4.69) is 10.6 Å². The van der Waals surface area contributed by atoms with Crippen LogP contribution in [0.2, 0.25) is 0 Å². The van der Waals surface area contributed by atoms with Crippen LogP contribution in [0.5, 0.6) is 0 Å². The molecule has 2 atom stereocenters. The van der Waals surface area contributed by atoms with Gasteiger partial charge < -0.3 is 16.4 Å². The molecular formula is C14H20N4O3. The normalized spacial score (nSPS) is 21.0. The zero-order valence-electron chi connectivity index (χ0n) is 11.7. The molecule has 0 spiro atoms. The minimum Gasteiger partial charge on any atom is -0.371 e. The van der Waals surface area contributed by atoms with E-state index in [0.717, 1.165) is 19.3 Å². The second-order valence-electron chi connectivity index (χ2n) is 5.23. The van der Waals surface area contributed by atoms with Gasteiger partial charge in [0.2, 0.25) is 5.91 Å². The molecule has 0 radical (unpaired) electrons. The minimum absolute atomic E-state index is 0.0125. The predicted octanol–water partition coefficient (Wildman–Crippen LogP) is 1.25. The van der Waals surface area contributed by atoms with Crippen LogP contribution in [0.3, 0.4) is 0 Å². The zero-order valence-corrected chi connectivity index (χ0v) is 11.7. The first kappa shape index (κ1) is 15.2. The molecule has 1 aliphatic rings. The Hall–Kier alpha value is -2.15. The SMILES string of the molecule is NCC1CCCC1NC(=O)CNc1ccccc1[N+](=O)[O-]. The van der Waals surface area contributed by atoms with Gasteiger partial charge in [0.25, 0.3) is 5.69 Å². The molecule has 2 unspecified atom stereocenters. The Morgan fingerprint density at radius 3 is 2.86 bits per heavy atom. The van der Waals surface area contributed by atoms with E-state index in [4.69, 9.17) is 5.73 Å². The van der Waals surface area contributed by atoms with Crippen molar-refractivity contribution in [3.8, 4) is 0 Å². The van der Waals surface area contributed by atoms with Crippen molar-refractivity contribution in [3.05, 3.63) is 34.4 Å². The van der Waals surface area contributed by atoms with E-state index in [0.29, 0.717) is 18.2 Å². The van der Waals surface area contributed by atoms with Crippen LogP contribution in [0, 0.1) is 16.0 Å². The topological polar surface area (TPSA) is 110 Å². The van der Waals surface area contributed by atoms with Crippen molar-refractivity contribution in [2.75, 3.05) is 18.4 Å². The molecule has 0 aliphatic heterocycles. The molecule has 0 bridgehead atoms. The molecule has 1 saturated carbocycles. The number of nitrogens with one attached hydrogen (secondary N) is 2. The monoisotopic (exact) mass is 292 g/mol. The van der Waals surface area contributed by atoms with E-state index in [9.17, 15) is 14.9 Å². The van der Waals surface area contributed by atoms with Gasteiger partial charge >= 0.3 is 0 Å². The van der Waals surface area contributed by atoms with Crippen LogP contribution in [0.1, 0.15) is 19.3 Å². The molecule has 1 aliphatic carbocycles. The summed E-state index contributed by atoms with van der Waals surface area (Å²) in [6.45, 7) is 0.585. The van der Waals surface area contributed by atoms with Crippen LogP contribution < -0.4 is 16.4 Å². The zero-order chi connectivity index (χ0) is 15.2. The Kier molecular flexibility index (Phi) is 5.10. The summed E-state index contributed by atoms with van der Waals surface area (Å²) in [6.07, 6.45) is 3.06. The molecule has 1 fully saturated rings. The number of hydrogen-bond acceptors (Lipinski definition) is 5. The molecule has 7 nitrogen and oxygen atoms in total. The van der Waals surface area contributed by atoms with Crippen molar-refractivity contribution in [3.63, 3.8) is 0 Å². The van der Waals surface area contributed by atoms with E-state index in [1.54, 1.807) is 18.2 Å². The number of carbonyl (C=O) groups excluding carboxylic acids is 1. The number of anilines is 1. The van der Waals surface area contributed by atoms with E-state index in [1.807, 2.05) is 0 Å². The van der Waals surface area contributed by atoms with Gasteiger partial charge in [0.15, 0.2) is 0 Å². The number of hydrogen-bond donors (Lipinski definition) is 3. The molecular weight excluding hydrogens is 272 g/mol. The Morgan fingerprint density at radius 1 is 1.38 bits per heavy atom. The number of nitro groups is 1. The van der Waals surface area contributed by atoms with Crippen LogP contribution in [-0.4, -0.2) is 30.0 Å². The number of nitro benzene ring substituents is 1. The Labute approximate surface area is 123 Å². The molecule has 21 heavy (non-hydrogen) atoms. The first-order valence-corrected chi connectivity index (χ1v) is 7.08. The first-order chi connectivity index (χ1) is 10.1. The van der Waals surface area contributed by atoms with Gasteiger partial charge in [0.1, 0.15) is 5.69 Å². The standard InChI is InChI=1S/C14H20N4O3/c15-8-10-4-3-6-11(10)17-14(19)9-16-12-5-1-2-7-13(12)18(20)21/h1-2,5,7,10-11,16H,3-4,6,8-9,15H2,(H,17,19). The maximum absolute atomic E-state index is 11.9. The minimum atomic E-state index is -0.471. The van der Waals surface area contributed by atoms with Crippen LogP contribution in [0.25, 0.3) is 0 Å². The Morgan fingerprint density at radius 2 is 2.14 bits per heavy atom. The van der Waals surface area contributed by atoms with Crippen LogP contribution in [0.4, 0.5) is 11.4 Å². The smallest absolute Gasteiger partial charge is 0.292 e. The first-order valence-electron chi connectivity index (χ1n) is 7.08. The van der Waals surface area contributed by atoms with Gasteiger partial charge in [0.05, 0.1) is 11.5 Å². The van der Waals surface area contributed by atoms with Crippen LogP contribution >= 0.6 is 0 Å². The average Bonchev–Trinajstić information content (AvgIpc) is 2.92. The maximum Gasteiger partial charge on any atom is 0.292 e. The summed E-state index contributed by atoms with van der Waals surface area (Å²) in [7, 11) is 0. The number of amides is 1. The molecule has 7 heteroatoms. The lowest BCUT2D eigenvalue weighted by molar-refractivity contribution is -0.383. The third-order valence-electron chi connectivity index (χ3n) is 3.85. The third kappa shape index (κ3) is 3.91. The number of rotatable bonds is 6. The van der Waals surface area contributed by atoms with Crippen molar-refractivity contribution < 1.29 is 9.72 Å².